The Bertz CT molecular complexity index is 372. The van der Waals surface area contributed by atoms with Gasteiger partial charge in [0.1, 0.15) is 0 Å². The quantitative estimate of drug-likeness (QED) is 0.728. The Labute approximate surface area is 103 Å². The maximum Gasteiger partial charge on any atom is 0.0964 e. The van der Waals surface area contributed by atoms with Crippen molar-refractivity contribution in [1.29, 1.82) is 0 Å². The lowest BCUT2D eigenvalue weighted by Crippen LogP contribution is -2.35. The lowest BCUT2D eigenvalue weighted by Gasteiger charge is -2.21. The first kappa shape index (κ1) is 12.7. The van der Waals surface area contributed by atoms with Gasteiger partial charge in [-0.1, -0.05) is 5.21 Å². The molecule has 0 amide bonds. The summed E-state index contributed by atoms with van der Waals surface area (Å²) < 4.78 is 12.8. The lowest BCUT2D eigenvalue weighted by atomic mass is 10.1. The molecule has 96 valence electrons. The van der Waals surface area contributed by atoms with E-state index in [9.17, 15) is 4.21 Å². The maximum atomic E-state index is 11.2. The molecule has 1 aromatic rings. The van der Waals surface area contributed by atoms with Gasteiger partial charge in [-0.05, 0) is 12.8 Å². The molecule has 1 aliphatic rings. The van der Waals surface area contributed by atoms with Crippen LogP contribution < -0.4 is 5.32 Å². The van der Waals surface area contributed by atoms with E-state index in [-0.39, 0.29) is 6.61 Å². The maximum absolute atomic E-state index is 11.2. The third-order valence-electron chi connectivity index (χ3n) is 2.88. The molecular weight excluding hydrogens is 240 g/mol. The smallest absolute Gasteiger partial charge is 0.0964 e. The molecule has 6 nitrogen and oxygen atoms in total. The summed E-state index contributed by atoms with van der Waals surface area (Å²) in [6.07, 6.45) is 3.78. The van der Waals surface area contributed by atoms with E-state index in [2.05, 4.69) is 15.6 Å². The van der Waals surface area contributed by atoms with E-state index in [0.717, 1.165) is 30.0 Å². The summed E-state index contributed by atoms with van der Waals surface area (Å²) in [6, 6.07) is 0.440. The van der Waals surface area contributed by atoms with Crippen LogP contribution in [-0.4, -0.2) is 48.5 Å². The SMILES string of the molecule is O=S1CCC(NCc2cn(CCO)nn2)CC1. The van der Waals surface area contributed by atoms with Crippen LogP contribution in [0.1, 0.15) is 18.5 Å². The van der Waals surface area contributed by atoms with Crippen LogP contribution in [0.4, 0.5) is 0 Å². The predicted molar refractivity (Wildman–Crippen MR) is 64.8 cm³/mol. The number of aliphatic hydroxyl groups excluding tert-OH is 1. The Hall–Kier alpha value is -0.790. The number of aromatic nitrogens is 3. The van der Waals surface area contributed by atoms with E-state index in [1.165, 1.54) is 0 Å². The average molecular weight is 258 g/mol. The second kappa shape index (κ2) is 6.23. The molecular formula is C10H18N4O2S. The van der Waals surface area contributed by atoms with Crippen LogP contribution >= 0.6 is 0 Å². The Morgan fingerprint density at radius 3 is 3.00 bits per heavy atom. The molecule has 0 spiro atoms. The molecule has 0 saturated carbocycles. The van der Waals surface area contributed by atoms with Crippen molar-refractivity contribution in [2.75, 3.05) is 18.1 Å². The van der Waals surface area contributed by atoms with E-state index in [1.807, 2.05) is 6.20 Å². The first-order valence-corrected chi connectivity index (χ1v) is 7.35. The summed E-state index contributed by atoms with van der Waals surface area (Å²) >= 11 is 0. The van der Waals surface area contributed by atoms with Crippen molar-refractivity contribution in [3.8, 4) is 0 Å². The molecule has 1 aromatic heterocycles. The summed E-state index contributed by atoms with van der Waals surface area (Å²) in [4.78, 5) is 0. The van der Waals surface area contributed by atoms with Crippen molar-refractivity contribution < 1.29 is 9.32 Å². The summed E-state index contributed by atoms with van der Waals surface area (Å²) in [5.41, 5.74) is 0.880. The van der Waals surface area contributed by atoms with Gasteiger partial charge in [-0.2, -0.15) is 0 Å². The number of nitrogens with one attached hydrogen (secondary N) is 1. The van der Waals surface area contributed by atoms with Crippen molar-refractivity contribution >= 4 is 10.8 Å². The molecule has 2 heterocycles. The fourth-order valence-electron chi connectivity index (χ4n) is 1.88. The number of hydrogen-bond acceptors (Lipinski definition) is 5. The molecule has 0 aliphatic carbocycles. The minimum atomic E-state index is -0.607. The van der Waals surface area contributed by atoms with Gasteiger partial charge in [-0.3, -0.25) is 4.21 Å². The molecule has 0 radical (unpaired) electrons. The van der Waals surface area contributed by atoms with Gasteiger partial charge < -0.3 is 10.4 Å². The predicted octanol–water partition coefficient (Wildman–Crippen LogP) is -0.729. The summed E-state index contributed by atoms with van der Waals surface area (Å²) in [5.74, 6) is 1.60. The highest BCUT2D eigenvalue weighted by Gasteiger charge is 2.17. The van der Waals surface area contributed by atoms with Crippen LogP contribution in [0.25, 0.3) is 0 Å². The van der Waals surface area contributed by atoms with Gasteiger partial charge in [0.2, 0.25) is 0 Å². The van der Waals surface area contributed by atoms with Crippen LogP contribution in [0, 0.1) is 0 Å². The van der Waals surface area contributed by atoms with Crippen molar-refractivity contribution in [1.82, 2.24) is 20.3 Å². The molecule has 2 N–H and O–H groups in total. The van der Waals surface area contributed by atoms with Crippen molar-refractivity contribution in [2.24, 2.45) is 0 Å². The van der Waals surface area contributed by atoms with Crippen molar-refractivity contribution in [2.45, 2.75) is 32.0 Å². The van der Waals surface area contributed by atoms with Crippen LogP contribution in [0.5, 0.6) is 0 Å². The minimum Gasteiger partial charge on any atom is -0.394 e. The molecule has 1 aliphatic heterocycles. The molecule has 7 heteroatoms. The van der Waals surface area contributed by atoms with Crippen LogP contribution in [0.2, 0.25) is 0 Å². The van der Waals surface area contributed by atoms with Gasteiger partial charge in [0.05, 0.1) is 18.8 Å². The fraction of sp³-hybridized carbons (Fsp3) is 0.800. The second-order valence-electron chi connectivity index (χ2n) is 4.20. The van der Waals surface area contributed by atoms with Crippen LogP contribution in [0.15, 0.2) is 6.20 Å². The first-order chi connectivity index (χ1) is 8.28. The zero-order chi connectivity index (χ0) is 12.1. The van der Waals surface area contributed by atoms with E-state index in [4.69, 9.17) is 5.11 Å². The van der Waals surface area contributed by atoms with E-state index >= 15 is 0 Å². The Balaban J connectivity index is 1.75. The molecule has 0 atom stereocenters. The largest absolute Gasteiger partial charge is 0.394 e. The highest BCUT2D eigenvalue weighted by Crippen LogP contribution is 2.09. The molecule has 17 heavy (non-hydrogen) atoms. The van der Waals surface area contributed by atoms with Crippen molar-refractivity contribution in [3.05, 3.63) is 11.9 Å². The molecule has 0 bridgehead atoms. The standard InChI is InChI=1S/C10H18N4O2S/c15-4-3-14-8-10(12-13-14)7-11-9-1-5-17(16)6-2-9/h8-9,11,15H,1-7H2. The molecule has 0 aromatic carbocycles. The molecule has 0 unspecified atom stereocenters. The molecule has 1 saturated heterocycles. The minimum absolute atomic E-state index is 0.0741. The number of hydrogen-bond donors (Lipinski definition) is 2. The number of rotatable bonds is 5. The van der Waals surface area contributed by atoms with Gasteiger partial charge in [-0.25, -0.2) is 4.68 Å². The van der Waals surface area contributed by atoms with Gasteiger partial charge in [-0.15, -0.1) is 5.10 Å². The zero-order valence-electron chi connectivity index (χ0n) is 9.71. The fourth-order valence-corrected chi connectivity index (χ4v) is 3.18. The summed E-state index contributed by atoms with van der Waals surface area (Å²) in [7, 11) is -0.607. The molecule has 2 rings (SSSR count). The van der Waals surface area contributed by atoms with Crippen LogP contribution in [0.3, 0.4) is 0 Å². The average Bonchev–Trinajstić information content (AvgIpc) is 2.77. The van der Waals surface area contributed by atoms with E-state index in [1.54, 1.807) is 4.68 Å². The van der Waals surface area contributed by atoms with E-state index in [0.29, 0.717) is 19.1 Å². The van der Waals surface area contributed by atoms with Gasteiger partial charge in [0, 0.05) is 41.1 Å². The Morgan fingerprint density at radius 1 is 1.53 bits per heavy atom. The monoisotopic (exact) mass is 258 g/mol. The zero-order valence-corrected chi connectivity index (χ0v) is 10.5. The Kier molecular flexibility index (Phi) is 4.64. The summed E-state index contributed by atoms with van der Waals surface area (Å²) in [5, 5.41) is 20.1. The lowest BCUT2D eigenvalue weighted by molar-refractivity contribution is 0.268. The second-order valence-corrected chi connectivity index (χ2v) is 5.90. The first-order valence-electron chi connectivity index (χ1n) is 5.86. The summed E-state index contributed by atoms with van der Waals surface area (Å²) in [6.45, 7) is 1.24. The molecule has 1 fully saturated rings. The normalized spacial score (nSPS) is 25.0. The highest BCUT2D eigenvalue weighted by atomic mass is 32.2. The van der Waals surface area contributed by atoms with Gasteiger partial charge in [0.15, 0.2) is 0 Å². The topological polar surface area (TPSA) is 80.0 Å². The van der Waals surface area contributed by atoms with E-state index < -0.39 is 10.8 Å². The van der Waals surface area contributed by atoms with Crippen LogP contribution in [-0.2, 0) is 23.9 Å². The van der Waals surface area contributed by atoms with Gasteiger partial charge in [0.25, 0.3) is 0 Å². The highest BCUT2D eigenvalue weighted by molar-refractivity contribution is 7.85. The Morgan fingerprint density at radius 2 is 2.29 bits per heavy atom. The third-order valence-corrected chi connectivity index (χ3v) is 4.26. The van der Waals surface area contributed by atoms with Crippen molar-refractivity contribution in [3.63, 3.8) is 0 Å². The third kappa shape index (κ3) is 3.86. The van der Waals surface area contributed by atoms with Gasteiger partial charge >= 0.3 is 0 Å². The number of aliphatic hydroxyl groups is 1. The number of nitrogens with zero attached hydrogens (tertiary/aromatic N) is 3.